The highest BCUT2D eigenvalue weighted by atomic mass is 16.4. The molecule has 0 radical (unpaired) electrons. The van der Waals surface area contributed by atoms with E-state index >= 15 is 0 Å². The van der Waals surface area contributed by atoms with E-state index in [0.717, 1.165) is 5.92 Å². The Hall–Kier alpha value is -2.41. The fourth-order valence-electron chi connectivity index (χ4n) is 3.53. The maximum atomic E-state index is 12.7. The summed E-state index contributed by atoms with van der Waals surface area (Å²) in [5, 5.41) is 18.3. The zero-order valence-electron chi connectivity index (χ0n) is 17.8. The molecule has 162 valence electrons. The molecular weight excluding hydrogens is 372 g/mol. The molecule has 0 spiro atoms. The lowest BCUT2D eigenvalue weighted by molar-refractivity contribution is -0.159. The molecule has 1 aromatic rings. The molecule has 7 heteroatoms. The van der Waals surface area contributed by atoms with E-state index in [1.807, 2.05) is 23.1 Å². The van der Waals surface area contributed by atoms with Crippen molar-refractivity contribution < 1.29 is 24.6 Å². The predicted molar refractivity (Wildman–Crippen MR) is 111 cm³/mol. The Morgan fingerprint density at radius 1 is 1.07 bits per heavy atom. The van der Waals surface area contributed by atoms with Crippen LogP contribution in [0.2, 0.25) is 0 Å². The second-order valence-corrected chi connectivity index (χ2v) is 7.97. The van der Waals surface area contributed by atoms with E-state index < -0.39 is 11.9 Å². The molecule has 0 saturated heterocycles. The van der Waals surface area contributed by atoms with Crippen molar-refractivity contribution >= 4 is 17.8 Å². The van der Waals surface area contributed by atoms with Gasteiger partial charge in [0.1, 0.15) is 0 Å². The number of hydrogen-bond donors (Lipinski definition) is 3. The van der Waals surface area contributed by atoms with Gasteiger partial charge in [0.25, 0.3) is 0 Å². The molecule has 1 aliphatic rings. The molecule has 7 nitrogen and oxygen atoms in total. The zero-order chi connectivity index (χ0) is 22.0. The fourth-order valence-corrected chi connectivity index (χ4v) is 3.53. The first-order valence-electron chi connectivity index (χ1n) is 10.2. The van der Waals surface area contributed by atoms with Crippen LogP contribution < -0.4 is 5.32 Å². The third kappa shape index (κ3) is 8.64. The summed E-state index contributed by atoms with van der Waals surface area (Å²) >= 11 is 0. The maximum absolute atomic E-state index is 12.7. The molecule has 0 aromatic heterocycles. The van der Waals surface area contributed by atoms with Crippen LogP contribution in [0.1, 0.15) is 52.5 Å². The summed E-state index contributed by atoms with van der Waals surface area (Å²) in [6.07, 6.45) is 3.79. The largest absolute Gasteiger partial charge is 0.473 e. The number of aliphatic carboxylic acids is 2. The minimum absolute atomic E-state index is 0.203. The summed E-state index contributed by atoms with van der Waals surface area (Å²) < 4.78 is 0. The Morgan fingerprint density at radius 2 is 1.66 bits per heavy atom. The molecule has 2 rings (SSSR count). The van der Waals surface area contributed by atoms with E-state index in [2.05, 4.69) is 45.1 Å². The number of carboxylic acid groups (broad SMARTS) is 2. The minimum atomic E-state index is -1.82. The molecular formula is C22H34N2O5. The Kier molecular flexibility index (Phi) is 10.4. The van der Waals surface area contributed by atoms with Gasteiger partial charge in [-0.25, -0.2) is 9.59 Å². The van der Waals surface area contributed by atoms with Crippen LogP contribution in [0, 0.1) is 11.8 Å². The summed E-state index contributed by atoms with van der Waals surface area (Å²) in [5.74, 6) is -2.04. The van der Waals surface area contributed by atoms with Gasteiger partial charge < -0.3 is 20.4 Å². The smallest absolute Gasteiger partial charge is 0.414 e. The lowest BCUT2D eigenvalue weighted by Crippen LogP contribution is -2.47. The Morgan fingerprint density at radius 3 is 2.17 bits per heavy atom. The number of rotatable bonds is 6. The monoisotopic (exact) mass is 406 g/mol. The normalized spacial score (nSPS) is 21.1. The quantitative estimate of drug-likeness (QED) is 0.627. The average Bonchev–Trinajstić information content (AvgIpc) is 2.68. The second kappa shape index (κ2) is 12.2. The third-order valence-corrected chi connectivity index (χ3v) is 5.54. The van der Waals surface area contributed by atoms with Crippen molar-refractivity contribution in [2.45, 2.75) is 65.6 Å². The standard InChI is InChI=1S/C20H32N2O.C2H2O4/c1-15(2)22(14-18-10-6-5-7-11-18)20(23)13-21-19-12-8-9-16(3)17(19)4;3-1(4)2(5)6/h5-7,10-11,15-17,19,21H,8-9,12-14H2,1-4H3;(H,3,4)(H,5,6). The number of nitrogens with one attached hydrogen (secondary N) is 1. The number of carbonyl (C=O) groups excluding carboxylic acids is 1. The van der Waals surface area contributed by atoms with E-state index in [1.54, 1.807) is 0 Å². The predicted octanol–water partition coefficient (Wildman–Crippen LogP) is 2.99. The van der Waals surface area contributed by atoms with Gasteiger partial charge in [-0.2, -0.15) is 0 Å². The van der Waals surface area contributed by atoms with Gasteiger partial charge in [-0.1, -0.05) is 57.0 Å². The van der Waals surface area contributed by atoms with Gasteiger partial charge in [0.15, 0.2) is 0 Å². The lowest BCUT2D eigenvalue weighted by Gasteiger charge is -2.35. The Bertz CT molecular complexity index is 650. The van der Waals surface area contributed by atoms with Gasteiger partial charge >= 0.3 is 11.9 Å². The molecule has 0 bridgehead atoms. The minimum Gasteiger partial charge on any atom is -0.473 e. The van der Waals surface area contributed by atoms with E-state index in [4.69, 9.17) is 19.8 Å². The van der Waals surface area contributed by atoms with Crippen molar-refractivity contribution in [2.24, 2.45) is 11.8 Å². The number of hydrogen-bond acceptors (Lipinski definition) is 4. The van der Waals surface area contributed by atoms with Gasteiger partial charge in [-0.05, 0) is 37.7 Å². The first-order chi connectivity index (χ1) is 13.6. The van der Waals surface area contributed by atoms with E-state index in [1.165, 1.54) is 24.8 Å². The van der Waals surface area contributed by atoms with Crippen LogP contribution >= 0.6 is 0 Å². The summed E-state index contributed by atoms with van der Waals surface area (Å²) in [4.78, 5) is 32.9. The van der Waals surface area contributed by atoms with Crippen LogP contribution in [0.5, 0.6) is 0 Å². The van der Waals surface area contributed by atoms with Crippen molar-refractivity contribution in [1.29, 1.82) is 0 Å². The molecule has 3 unspecified atom stereocenters. The SMILES string of the molecule is CC1CCCC(NCC(=O)N(Cc2ccccc2)C(C)C)C1C.O=C(O)C(=O)O. The first-order valence-corrected chi connectivity index (χ1v) is 10.2. The highest BCUT2D eigenvalue weighted by Gasteiger charge is 2.27. The molecule has 1 amide bonds. The fraction of sp³-hybridized carbons (Fsp3) is 0.591. The van der Waals surface area contributed by atoms with Gasteiger partial charge in [-0.3, -0.25) is 4.79 Å². The van der Waals surface area contributed by atoms with Crippen LogP contribution in [-0.4, -0.2) is 51.6 Å². The van der Waals surface area contributed by atoms with Gasteiger partial charge in [0, 0.05) is 18.6 Å². The molecule has 29 heavy (non-hydrogen) atoms. The second-order valence-electron chi connectivity index (χ2n) is 7.97. The van der Waals surface area contributed by atoms with Crippen LogP contribution in [0.15, 0.2) is 30.3 Å². The Balaban J connectivity index is 0.000000612. The van der Waals surface area contributed by atoms with E-state index in [-0.39, 0.29) is 11.9 Å². The summed E-state index contributed by atoms with van der Waals surface area (Å²) in [6.45, 7) is 9.97. The molecule has 0 heterocycles. The average molecular weight is 407 g/mol. The van der Waals surface area contributed by atoms with E-state index in [9.17, 15) is 4.79 Å². The maximum Gasteiger partial charge on any atom is 0.414 e. The van der Waals surface area contributed by atoms with Crippen molar-refractivity contribution in [1.82, 2.24) is 10.2 Å². The Labute approximate surface area is 173 Å². The zero-order valence-corrected chi connectivity index (χ0v) is 17.8. The number of amides is 1. The first kappa shape index (κ1) is 24.6. The topological polar surface area (TPSA) is 107 Å². The lowest BCUT2D eigenvalue weighted by atomic mass is 9.78. The van der Waals surface area contributed by atoms with Crippen molar-refractivity contribution in [3.63, 3.8) is 0 Å². The summed E-state index contributed by atoms with van der Waals surface area (Å²) in [5.41, 5.74) is 1.19. The van der Waals surface area contributed by atoms with Crippen LogP contribution in [0.25, 0.3) is 0 Å². The number of nitrogens with zero attached hydrogens (tertiary/aromatic N) is 1. The number of carboxylic acids is 2. The number of carbonyl (C=O) groups is 3. The van der Waals surface area contributed by atoms with Crippen LogP contribution in [-0.2, 0) is 20.9 Å². The van der Waals surface area contributed by atoms with Crippen molar-refractivity contribution in [3.05, 3.63) is 35.9 Å². The molecule has 1 saturated carbocycles. The van der Waals surface area contributed by atoms with E-state index in [0.29, 0.717) is 25.0 Å². The van der Waals surface area contributed by atoms with Gasteiger partial charge in [0.05, 0.1) is 6.54 Å². The van der Waals surface area contributed by atoms with Gasteiger partial charge in [-0.15, -0.1) is 0 Å². The summed E-state index contributed by atoms with van der Waals surface area (Å²) in [7, 11) is 0. The highest BCUT2D eigenvalue weighted by molar-refractivity contribution is 6.27. The van der Waals surface area contributed by atoms with Crippen LogP contribution in [0.4, 0.5) is 0 Å². The molecule has 3 N–H and O–H groups in total. The molecule has 1 aliphatic carbocycles. The highest BCUT2D eigenvalue weighted by Crippen LogP contribution is 2.29. The number of benzene rings is 1. The van der Waals surface area contributed by atoms with Crippen molar-refractivity contribution in [2.75, 3.05) is 6.54 Å². The molecule has 1 fully saturated rings. The van der Waals surface area contributed by atoms with Crippen LogP contribution in [0.3, 0.4) is 0 Å². The molecule has 3 atom stereocenters. The molecule has 0 aliphatic heterocycles. The molecule has 1 aromatic carbocycles. The van der Waals surface area contributed by atoms with Crippen molar-refractivity contribution in [3.8, 4) is 0 Å². The third-order valence-electron chi connectivity index (χ3n) is 5.54. The van der Waals surface area contributed by atoms with Gasteiger partial charge in [0.2, 0.25) is 5.91 Å². The summed E-state index contributed by atoms with van der Waals surface area (Å²) in [6, 6.07) is 10.9.